The lowest BCUT2D eigenvalue weighted by atomic mass is 10.1. The minimum Gasteiger partial charge on any atom is -0.355 e. The zero-order valence-electron chi connectivity index (χ0n) is 11.7. The molecule has 0 radical (unpaired) electrons. The van der Waals surface area contributed by atoms with Crippen molar-refractivity contribution in [2.75, 3.05) is 13.6 Å². The van der Waals surface area contributed by atoms with Gasteiger partial charge in [-0.05, 0) is 37.1 Å². The number of hydrogen-bond acceptors (Lipinski definition) is 3. The molecule has 0 spiro atoms. The van der Waals surface area contributed by atoms with Crippen LogP contribution in [0.1, 0.15) is 35.2 Å². The number of hydrogen-bond donors (Lipinski definition) is 3. The molecule has 0 aromatic heterocycles. The van der Waals surface area contributed by atoms with Gasteiger partial charge in [0.05, 0.1) is 0 Å². The summed E-state index contributed by atoms with van der Waals surface area (Å²) in [4.78, 5) is 23.3. The Balaban J connectivity index is 1.83. The molecule has 1 aromatic rings. The van der Waals surface area contributed by atoms with Gasteiger partial charge in [0.2, 0.25) is 5.91 Å². The average molecular weight is 275 g/mol. The van der Waals surface area contributed by atoms with E-state index in [4.69, 9.17) is 0 Å². The van der Waals surface area contributed by atoms with Gasteiger partial charge >= 0.3 is 0 Å². The van der Waals surface area contributed by atoms with Gasteiger partial charge < -0.3 is 16.0 Å². The van der Waals surface area contributed by atoms with Gasteiger partial charge in [0, 0.05) is 31.6 Å². The summed E-state index contributed by atoms with van der Waals surface area (Å²) in [6.07, 6.45) is 2.74. The molecular weight excluding hydrogens is 254 g/mol. The standard InChI is InChI=1S/C15H21N3O2/c1-16-15(20)12-5-2-4-11(8-12)10-18-14(19)9-13-6-3-7-17-13/h2,4-5,8,13,17H,3,6-7,9-10H2,1H3,(H,16,20)(H,18,19). The number of rotatable bonds is 5. The van der Waals surface area contributed by atoms with Crippen LogP contribution in [0, 0.1) is 0 Å². The van der Waals surface area contributed by atoms with Gasteiger partial charge in [-0.25, -0.2) is 0 Å². The molecule has 1 aliphatic heterocycles. The maximum absolute atomic E-state index is 11.8. The molecule has 1 saturated heterocycles. The van der Waals surface area contributed by atoms with Crippen molar-refractivity contribution in [1.29, 1.82) is 0 Å². The fourth-order valence-electron chi connectivity index (χ4n) is 2.39. The molecule has 0 bridgehead atoms. The van der Waals surface area contributed by atoms with Gasteiger partial charge in [-0.2, -0.15) is 0 Å². The Labute approximate surface area is 119 Å². The van der Waals surface area contributed by atoms with Crippen molar-refractivity contribution >= 4 is 11.8 Å². The van der Waals surface area contributed by atoms with E-state index >= 15 is 0 Å². The Hall–Kier alpha value is -1.88. The molecule has 1 aromatic carbocycles. The lowest BCUT2D eigenvalue weighted by Crippen LogP contribution is -2.31. The highest BCUT2D eigenvalue weighted by Gasteiger charge is 2.17. The smallest absolute Gasteiger partial charge is 0.251 e. The second-order valence-corrected chi connectivity index (χ2v) is 5.05. The Morgan fingerprint density at radius 3 is 2.95 bits per heavy atom. The Morgan fingerprint density at radius 2 is 2.25 bits per heavy atom. The molecule has 0 saturated carbocycles. The third-order valence-corrected chi connectivity index (χ3v) is 3.50. The monoisotopic (exact) mass is 275 g/mol. The molecule has 1 aliphatic rings. The van der Waals surface area contributed by atoms with Crippen LogP contribution in [0.25, 0.3) is 0 Å². The van der Waals surface area contributed by atoms with Gasteiger partial charge in [-0.3, -0.25) is 9.59 Å². The molecule has 1 unspecified atom stereocenters. The molecule has 5 nitrogen and oxygen atoms in total. The molecule has 108 valence electrons. The topological polar surface area (TPSA) is 70.2 Å². The molecule has 2 amide bonds. The van der Waals surface area contributed by atoms with Gasteiger partial charge in [-0.15, -0.1) is 0 Å². The first-order chi connectivity index (χ1) is 9.69. The van der Waals surface area contributed by atoms with E-state index < -0.39 is 0 Å². The quantitative estimate of drug-likeness (QED) is 0.744. The summed E-state index contributed by atoms with van der Waals surface area (Å²) in [6.45, 7) is 1.46. The lowest BCUT2D eigenvalue weighted by molar-refractivity contribution is -0.121. The van der Waals surface area contributed by atoms with Crippen LogP contribution in [0.2, 0.25) is 0 Å². The molecule has 5 heteroatoms. The van der Waals surface area contributed by atoms with Crippen molar-refractivity contribution in [2.45, 2.75) is 31.8 Å². The summed E-state index contributed by atoms with van der Waals surface area (Å²) >= 11 is 0. The van der Waals surface area contributed by atoms with Gasteiger partial charge in [0.15, 0.2) is 0 Å². The van der Waals surface area contributed by atoms with Crippen LogP contribution < -0.4 is 16.0 Å². The predicted octanol–water partition coefficient (Wildman–Crippen LogP) is 0.804. The molecule has 1 atom stereocenters. The van der Waals surface area contributed by atoms with Crippen molar-refractivity contribution in [3.63, 3.8) is 0 Å². The Bertz CT molecular complexity index is 482. The van der Waals surface area contributed by atoms with E-state index in [2.05, 4.69) is 16.0 Å². The lowest BCUT2D eigenvalue weighted by Gasteiger charge is -2.11. The summed E-state index contributed by atoms with van der Waals surface area (Å²) in [5, 5.41) is 8.79. The molecule has 3 N–H and O–H groups in total. The second-order valence-electron chi connectivity index (χ2n) is 5.05. The first-order valence-corrected chi connectivity index (χ1v) is 7.00. The number of carbonyl (C=O) groups excluding carboxylic acids is 2. The number of amides is 2. The predicted molar refractivity (Wildman–Crippen MR) is 77.3 cm³/mol. The highest BCUT2D eigenvalue weighted by molar-refractivity contribution is 5.94. The summed E-state index contributed by atoms with van der Waals surface area (Å²) in [6, 6.07) is 7.59. The minimum absolute atomic E-state index is 0.0507. The van der Waals surface area contributed by atoms with E-state index in [1.54, 1.807) is 19.2 Å². The summed E-state index contributed by atoms with van der Waals surface area (Å²) in [5.74, 6) is -0.0666. The van der Waals surface area contributed by atoms with Crippen molar-refractivity contribution < 1.29 is 9.59 Å². The largest absolute Gasteiger partial charge is 0.355 e. The highest BCUT2D eigenvalue weighted by Crippen LogP contribution is 2.09. The SMILES string of the molecule is CNC(=O)c1cccc(CNC(=O)CC2CCCN2)c1. The maximum Gasteiger partial charge on any atom is 0.251 e. The zero-order chi connectivity index (χ0) is 14.4. The molecule has 1 heterocycles. The van der Waals surface area contributed by atoms with E-state index in [-0.39, 0.29) is 11.8 Å². The van der Waals surface area contributed by atoms with Gasteiger partial charge in [-0.1, -0.05) is 12.1 Å². The van der Waals surface area contributed by atoms with Crippen LogP contribution in [0.4, 0.5) is 0 Å². The van der Waals surface area contributed by atoms with Crippen molar-refractivity contribution in [2.24, 2.45) is 0 Å². The normalized spacial score (nSPS) is 17.8. The first kappa shape index (κ1) is 14.5. The fraction of sp³-hybridized carbons (Fsp3) is 0.467. The first-order valence-electron chi connectivity index (χ1n) is 7.00. The van der Waals surface area contributed by atoms with E-state index in [1.165, 1.54) is 0 Å². The van der Waals surface area contributed by atoms with E-state index in [1.807, 2.05) is 12.1 Å². The van der Waals surface area contributed by atoms with Crippen LogP contribution in [-0.4, -0.2) is 31.4 Å². The number of carbonyl (C=O) groups is 2. The Kier molecular flexibility index (Phi) is 5.12. The van der Waals surface area contributed by atoms with Gasteiger partial charge in [0.25, 0.3) is 5.91 Å². The minimum atomic E-state index is -0.117. The average Bonchev–Trinajstić information content (AvgIpc) is 2.97. The second kappa shape index (κ2) is 7.05. The summed E-state index contributed by atoms with van der Waals surface area (Å²) in [5.41, 5.74) is 1.54. The summed E-state index contributed by atoms with van der Waals surface area (Å²) in [7, 11) is 1.60. The third-order valence-electron chi connectivity index (χ3n) is 3.50. The fourth-order valence-corrected chi connectivity index (χ4v) is 2.39. The van der Waals surface area contributed by atoms with Crippen LogP contribution in [0.15, 0.2) is 24.3 Å². The molecular formula is C15H21N3O2. The van der Waals surface area contributed by atoms with E-state index in [9.17, 15) is 9.59 Å². The zero-order valence-corrected chi connectivity index (χ0v) is 11.7. The molecule has 20 heavy (non-hydrogen) atoms. The van der Waals surface area contributed by atoms with E-state index in [0.29, 0.717) is 24.6 Å². The van der Waals surface area contributed by atoms with Crippen molar-refractivity contribution in [1.82, 2.24) is 16.0 Å². The van der Waals surface area contributed by atoms with E-state index in [0.717, 1.165) is 24.9 Å². The van der Waals surface area contributed by atoms with Crippen molar-refractivity contribution in [3.8, 4) is 0 Å². The highest BCUT2D eigenvalue weighted by atomic mass is 16.2. The Morgan fingerprint density at radius 1 is 1.40 bits per heavy atom. The van der Waals surface area contributed by atoms with Crippen molar-refractivity contribution in [3.05, 3.63) is 35.4 Å². The molecule has 1 fully saturated rings. The molecule has 2 rings (SSSR count). The third kappa shape index (κ3) is 4.06. The number of benzene rings is 1. The van der Waals surface area contributed by atoms with Crippen LogP contribution in [0.3, 0.4) is 0 Å². The number of nitrogens with one attached hydrogen (secondary N) is 3. The molecule has 0 aliphatic carbocycles. The van der Waals surface area contributed by atoms with Crippen LogP contribution in [0.5, 0.6) is 0 Å². The van der Waals surface area contributed by atoms with Gasteiger partial charge in [0.1, 0.15) is 0 Å². The van der Waals surface area contributed by atoms with Crippen LogP contribution >= 0.6 is 0 Å². The van der Waals surface area contributed by atoms with Crippen LogP contribution in [-0.2, 0) is 11.3 Å². The summed E-state index contributed by atoms with van der Waals surface area (Å²) < 4.78 is 0. The maximum atomic E-state index is 11.8.